The molecule has 1 saturated heterocycles. The minimum atomic E-state index is -0.322. The number of H-pyrrole nitrogens is 1. The van der Waals surface area contributed by atoms with Gasteiger partial charge in [-0.05, 0) is 54.3 Å². The third-order valence-corrected chi connectivity index (χ3v) is 6.99. The molecule has 1 aliphatic rings. The van der Waals surface area contributed by atoms with Crippen LogP contribution in [0, 0.1) is 12.7 Å². The summed E-state index contributed by atoms with van der Waals surface area (Å²) in [5.74, 6) is 1.73. The Kier molecular flexibility index (Phi) is 6.74. The van der Waals surface area contributed by atoms with Crippen molar-refractivity contribution in [2.45, 2.75) is 20.3 Å². The molecule has 1 aliphatic heterocycles. The van der Waals surface area contributed by atoms with Crippen LogP contribution in [0.1, 0.15) is 28.5 Å². The lowest BCUT2D eigenvalue weighted by molar-refractivity contribution is 0.0741. The Bertz CT molecular complexity index is 1460. The van der Waals surface area contributed by atoms with Gasteiger partial charge in [0.25, 0.3) is 5.91 Å². The molecule has 5 rings (SSSR count). The van der Waals surface area contributed by atoms with Gasteiger partial charge in [-0.2, -0.15) is 0 Å². The summed E-state index contributed by atoms with van der Waals surface area (Å²) in [7, 11) is 3.26. The number of methoxy groups -OCH3 is 2. The van der Waals surface area contributed by atoms with E-state index in [0.717, 1.165) is 28.3 Å². The predicted molar refractivity (Wildman–Crippen MR) is 143 cm³/mol. The Morgan fingerprint density at radius 2 is 1.76 bits per heavy atom. The minimum Gasteiger partial charge on any atom is -0.496 e. The molecule has 0 bridgehead atoms. The number of anilines is 1. The molecule has 0 radical (unpaired) electrons. The van der Waals surface area contributed by atoms with E-state index >= 15 is 4.39 Å². The maximum Gasteiger partial charge on any atom is 0.270 e. The van der Waals surface area contributed by atoms with E-state index in [2.05, 4.69) is 14.9 Å². The van der Waals surface area contributed by atoms with Gasteiger partial charge < -0.3 is 24.3 Å². The molecule has 0 unspecified atom stereocenters. The number of nitrogens with zero attached hydrogens (tertiary/aromatic N) is 3. The highest BCUT2D eigenvalue weighted by Gasteiger charge is 2.27. The molecule has 0 spiro atoms. The number of fused-ring (bicyclic) bond motifs is 1. The fraction of sp³-hybridized carbons (Fsp3) is 0.310. The zero-order chi connectivity index (χ0) is 26.1. The molecular formula is C29H31FN4O3. The van der Waals surface area contributed by atoms with E-state index in [9.17, 15) is 4.79 Å². The average molecular weight is 503 g/mol. The van der Waals surface area contributed by atoms with Crippen LogP contribution < -0.4 is 14.4 Å². The Morgan fingerprint density at radius 3 is 2.46 bits per heavy atom. The number of aromatic amines is 1. The molecular weight excluding hydrogens is 471 g/mol. The summed E-state index contributed by atoms with van der Waals surface area (Å²) in [5, 5.41) is 0.662. The van der Waals surface area contributed by atoms with Crippen molar-refractivity contribution in [3.63, 3.8) is 0 Å². The van der Waals surface area contributed by atoms with E-state index in [1.165, 1.54) is 0 Å². The van der Waals surface area contributed by atoms with E-state index in [1.807, 2.05) is 56.4 Å². The number of amides is 1. The van der Waals surface area contributed by atoms with Gasteiger partial charge in [0.2, 0.25) is 0 Å². The van der Waals surface area contributed by atoms with Crippen molar-refractivity contribution in [2.75, 3.05) is 45.3 Å². The van der Waals surface area contributed by atoms with Gasteiger partial charge in [0.15, 0.2) is 11.6 Å². The van der Waals surface area contributed by atoms with Crippen LogP contribution in [0.2, 0.25) is 0 Å². The Labute approximate surface area is 215 Å². The van der Waals surface area contributed by atoms with Gasteiger partial charge in [-0.25, -0.2) is 9.37 Å². The number of para-hydroxylation sites is 1. The quantitative estimate of drug-likeness (QED) is 0.392. The predicted octanol–water partition coefficient (Wildman–Crippen LogP) is 5.22. The number of hydrogen-bond acceptors (Lipinski definition) is 5. The second kappa shape index (κ2) is 10.1. The molecule has 8 heteroatoms. The van der Waals surface area contributed by atoms with Crippen LogP contribution in [0.5, 0.6) is 11.5 Å². The number of hydrogen-bond donors (Lipinski definition) is 1. The van der Waals surface area contributed by atoms with Crippen LogP contribution in [-0.2, 0) is 6.42 Å². The smallest absolute Gasteiger partial charge is 0.270 e. The third kappa shape index (κ3) is 4.48. The van der Waals surface area contributed by atoms with Gasteiger partial charge >= 0.3 is 0 Å². The van der Waals surface area contributed by atoms with Gasteiger partial charge in [0.05, 0.1) is 19.7 Å². The monoisotopic (exact) mass is 502 g/mol. The Morgan fingerprint density at radius 1 is 1.03 bits per heavy atom. The summed E-state index contributed by atoms with van der Waals surface area (Å²) >= 11 is 0. The first-order valence-corrected chi connectivity index (χ1v) is 12.5. The summed E-state index contributed by atoms with van der Waals surface area (Å²) in [6, 6.07) is 13.2. The molecule has 0 aliphatic carbocycles. The third-order valence-electron chi connectivity index (χ3n) is 6.99. The molecule has 2 aromatic heterocycles. The summed E-state index contributed by atoms with van der Waals surface area (Å²) < 4.78 is 26.5. The van der Waals surface area contributed by atoms with Crippen molar-refractivity contribution >= 4 is 22.6 Å². The number of nitrogens with one attached hydrogen (secondary N) is 1. The zero-order valence-electron chi connectivity index (χ0n) is 21.6. The average Bonchev–Trinajstić information content (AvgIpc) is 3.39. The van der Waals surface area contributed by atoms with Gasteiger partial charge in [-0.15, -0.1) is 0 Å². The van der Waals surface area contributed by atoms with E-state index in [1.54, 1.807) is 25.2 Å². The number of pyridine rings is 1. The molecule has 0 saturated carbocycles. The van der Waals surface area contributed by atoms with E-state index < -0.39 is 0 Å². The van der Waals surface area contributed by atoms with Crippen molar-refractivity contribution < 1.29 is 18.7 Å². The SMILES string of the molecule is CCc1cc(-c2ccccc2OC)c2cc(C(=O)N3CCN(c4ncc(C)cc4OC)CC3)[nH]c2c1F. The lowest BCUT2D eigenvalue weighted by atomic mass is 9.96. The van der Waals surface area contributed by atoms with Crippen LogP contribution in [-0.4, -0.2) is 61.2 Å². The van der Waals surface area contributed by atoms with Gasteiger partial charge in [0, 0.05) is 43.3 Å². The maximum atomic E-state index is 15.4. The number of carbonyl (C=O) groups is 1. The first-order chi connectivity index (χ1) is 17.9. The van der Waals surface area contributed by atoms with Crippen molar-refractivity contribution in [1.29, 1.82) is 0 Å². The summed E-state index contributed by atoms with van der Waals surface area (Å²) in [6.45, 7) is 6.19. The summed E-state index contributed by atoms with van der Waals surface area (Å²) in [4.78, 5) is 25.1. The van der Waals surface area contributed by atoms with Crippen LogP contribution in [0.25, 0.3) is 22.0 Å². The van der Waals surface area contributed by atoms with Gasteiger partial charge in [-0.3, -0.25) is 4.79 Å². The van der Waals surface area contributed by atoms with Crippen LogP contribution in [0.4, 0.5) is 10.2 Å². The van der Waals surface area contributed by atoms with Crippen LogP contribution in [0.15, 0.2) is 48.7 Å². The minimum absolute atomic E-state index is 0.150. The van der Waals surface area contributed by atoms with Gasteiger partial charge in [0.1, 0.15) is 17.3 Å². The van der Waals surface area contributed by atoms with Crippen molar-refractivity contribution in [3.05, 3.63) is 71.3 Å². The summed E-state index contributed by atoms with van der Waals surface area (Å²) in [5.41, 5.74) is 4.02. The van der Waals surface area contributed by atoms with Crippen molar-refractivity contribution in [2.24, 2.45) is 0 Å². The molecule has 0 atom stereocenters. The first-order valence-electron chi connectivity index (χ1n) is 12.5. The molecule has 4 aromatic rings. The number of benzene rings is 2. The fourth-order valence-corrected chi connectivity index (χ4v) is 4.99. The lowest BCUT2D eigenvalue weighted by Gasteiger charge is -2.35. The van der Waals surface area contributed by atoms with Crippen LogP contribution in [0.3, 0.4) is 0 Å². The molecule has 1 amide bonds. The van der Waals surface area contributed by atoms with Crippen LogP contribution >= 0.6 is 0 Å². The number of rotatable bonds is 6. The highest BCUT2D eigenvalue weighted by Crippen LogP contribution is 2.38. The molecule has 1 fully saturated rings. The topological polar surface area (TPSA) is 70.7 Å². The highest BCUT2D eigenvalue weighted by atomic mass is 19.1. The van der Waals surface area contributed by atoms with E-state index in [0.29, 0.717) is 60.5 Å². The first kappa shape index (κ1) is 24.6. The maximum absolute atomic E-state index is 15.4. The largest absolute Gasteiger partial charge is 0.496 e. The van der Waals surface area contributed by atoms with Crippen molar-refractivity contribution in [3.8, 4) is 22.6 Å². The number of ether oxygens (including phenoxy) is 2. The second-order valence-electron chi connectivity index (χ2n) is 9.24. The Balaban J connectivity index is 1.45. The Hall–Kier alpha value is -4.07. The number of aryl methyl sites for hydroxylation is 2. The lowest BCUT2D eigenvalue weighted by Crippen LogP contribution is -2.49. The van der Waals surface area contributed by atoms with Gasteiger partial charge in [-0.1, -0.05) is 25.1 Å². The molecule has 37 heavy (non-hydrogen) atoms. The number of aromatic nitrogens is 2. The highest BCUT2D eigenvalue weighted by molar-refractivity contribution is 6.04. The van der Waals surface area contributed by atoms with E-state index in [-0.39, 0.29) is 11.7 Å². The molecule has 2 aromatic carbocycles. The second-order valence-corrected chi connectivity index (χ2v) is 9.24. The standard InChI is InChI=1S/C29H31FN4O3/c1-5-19-15-21(20-8-6-7-9-24(20)36-3)22-16-23(32-27(22)26(19)30)29(35)34-12-10-33(11-13-34)28-25(37-4)14-18(2)17-31-28/h6-9,14-17,32H,5,10-13H2,1-4H3. The number of halogens is 1. The molecule has 3 heterocycles. The fourth-order valence-electron chi connectivity index (χ4n) is 4.99. The molecule has 7 nitrogen and oxygen atoms in total. The molecule has 1 N–H and O–H groups in total. The zero-order valence-corrected chi connectivity index (χ0v) is 21.6. The van der Waals surface area contributed by atoms with Crippen molar-refractivity contribution in [1.82, 2.24) is 14.9 Å². The number of piperazine rings is 1. The van der Waals surface area contributed by atoms with E-state index in [4.69, 9.17) is 9.47 Å². The molecule has 192 valence electrons. The normalized spacial score (nSPS) is 13.8. The number of carbonyl (C=O) groups excluding carboxylic acids is 1. The summed E-state index contributed by atoms with van der Waals surface area (Å²) in [6.07, 6.45) is 2.35.